The van der Waals surface area contributed by atoms with Crippen LogP contribution in [-0.4, -0.2) is 68.5 Å². The maximum atomic E-state index is 12.9. The molecular weight excluding hydrogens is 466 g/mol. The van der Waals surface area contributed by atoms with Gasteiger partial charge in [0.25, 0.3) is 5.91 Å². The molecule has 37 heavy (non-hydrogen) atoms. The van der Waals surface area contributed by atoms with Crippen molar-refractivity contribution in [2.45, 2.75) is 31.7 Å². The van der Waals surface area contributed by atoms with Crippen LogP contribution in [0.4, 0.5) is 23.3 Å². The number of carbonyl (C=O) groups is 1. The van der Waals surface area contributed by atoms with Crippen LogP contribution >= 0.6 is 0 Å². The zero-order valence-corrected chi connectivity index (χ0v) is 21.0. The second-order valence-corrected chi connectivity index (χ2v) is 9.80. The zero-order valence-electron chi connectivity index (χ0n) is 21.0. The fraction of sp³-hybridized carbons (Fsp3) is 0.370. The maximum absolute atomic E-state index is 12.9. The first-order valence-corrected chi connectivity index (χ1v) is 12.9. The van der Waals surface area contributed by atoms with Crippen molar-refractivity contribution in [3.8, 4) is 0 Å². The van der Waals surface area contributed by atoms with E-state index in [0.29, 0.717) is 23.0 Å². The van der Waals surface area contributed by atoms with Gasteiger partial charge in [-0.15, -0.1) is 0 Å². The van der Waals surface area contributed by atoms with E-state index in [4.69, 9.17) is 4.98 Å². The summed E-state index contributed by atoms with van der Waals surface area (Å²) < 4.78 is 2.07. The Labute approximate surface area is 215 Å². The topological polar surface area (TPSA) is 104 Å². The van der Waals surface area contributed by atoms with Crippen LogP contribution in [0, 0.1) is 0 Å². The summed E-state index contributed by atoms with van der Waals surface area (Å²) in [7, 11) is 2.16. The molecule has 1 amide bonds. The van der Waals surface area contributed by atoms with E-state index < -0.39 is 0 Å². The lowest BCUT2D eigenvalue weighted by molar-refractivity contribution is 0.102. The summed E-state index contributed by atoms with van der Waals surface area (Å²) >= 11 is 0. The molecule has 10 nitrogen and oxygen atoms in total. The fourth-order valence-electron chi connectivity index (χ4n) is 5.17. The Bertz CT molecular complexity index is 1370. The van der Waals surface area contributed by atoms with E-state index in [1.807, 2.05) is 0 Å². The van der Waals surface area contributed by atoms with Gasteiger partial charge in [-0.2, -0.15) is 4.98 Å². The summed E-state index contributed by atoms with van der Waals surface area (Å²) in [4.78, 5) is 35.7. The van der Waals surface area contributed by atoms with Crippen molar-refractivity contribution in [2.75, 3.05) is 48.8 Å². The van der Waals surface area contributed by atoms with E-state index in [2.05, 4.69) is 71.3 Å². The zero-order chi connectivity index (χ0) is 25.2. The third-order valence-corrected chi connectivity index (χ3v) is 7.26. The van der Waals surface area contributed by atoms with Crippen molar-refractivity contribution in [1.29, 1.82) is 0 Å². The number of amides is 1. The van der Waals surface area contributed by atoms with Gasteiger partial charge in [0.2, 0.25) is 11.9 Å². The number of nitrogens with one attached hydrogen (secondary N) is 2. The van der Waals surface area contributed by atoms with Crippen LogP contribution in [-0.2, 0) is 0 Å². The molecule has 0 atom stereocenters. The number of imidazole rings is 1. The van der Waals surface area contributed by atoms with Gasteiger partial charge < -0.3 is 15.1 Å². The molecule has 1 aromatic carbocycles. The minimum Gasteiger partial charge on any atom is -0.369 e. The molecule has 1 saturated heterocycles. The van der Waals surface area contributed by atoms with Gasteiger partial charge >= 0.3 is 0 Å². The smallest absolute Gasteiger partial charge is 0.259 e. The third kappa shape index (κ3) is 4.97. The Kier molecular flexibility index (Phi) is 6.40. The highest BCUT2D eigenvalue weighted by Crippen LogP contribution is 2.35. The standard InChI is InChI=1S/C27H31N9O/c1-34-13-15-35(16-14-34)21-10-8-20(9-11-21)30-26-29-18-23-24(32-26)36(22-6-2-3-7-22)27(31-23)33-25(37)19-5-4-12-28-17-19/h4-5,8-12,17-18,22H,2-3,6-7,13-16H2,1H3,(H,29,30,32)(H,31,33,37). The average molecular weight is 498 g/mol. The molecule has 0 unspecified atom stereocenters. The predicted octanol–water partition coefficient (Wildman–Crippen LogP) is 4.08. The molecule has 2 aliphatic rings. The highest BCUT2D eigenvalue weighted by Gasteiger charge is 2.25. The first-order chi connectivity index (χ1) is 18.1. The second kappa shape index (κ2) is 10.1. The Hall–Kier alpha value is -4.05. The molecule has 1 saturated carbocycles. The molecule has 0 radical (unpaired) electrons. The quantitative estimate of drug-likeness (QED) is 0.411. The molecule has 4 aromatic rings. The lowest BCUT2D eigenvalue weighted by Gasteiger charge is -2.34. The third-order valence-electron chi connectivity index (χ3n) is 7.26. The fourth-order valence-corrected chi connectivity index (χ4v) is 5.17. The number of piperazine rings is 1. The maximum Gasteiger partial charge on any atom is 0.259 e. The van der Waals surface area contributed by atoms with Gasteiger partial charge in [0.1, 0.15) is 5.52 Å². The summed E-state index contributed by atoms with van der Waals surface area (Å²) in [5.41, 5.74) is 4.02. The Morgan fingerprint density at radius 2 is 1.76 bits per heavy atom. The molecule has 6 rings (SSSR count). The Morgan fingerprint density at radius 3 is 2.49 bits per heavy atom. The van der Waals surface area contributed by atoms with Crippen LogP contribution < -0.4 is 15.5 Å². The number of aromatic nitrogens is 5. The molecule has 10 heteroatoms. The number of fused-ring (bicyclic) bond motifs is 1. The lowest BCUT2D eigenvalue weighted by atomic mass is 10.2. The minimum absolute atomic E-state index is 0.236. The van der Waals surface area contributed by atoms with Crippen LogP contribution in [0.2, 0.25) is 0 Å². The molecule has 190 valence electrons. The molecule has 0 bridgehead atoms. The van der Waals surface area contributed by atoms with Crippen LogP contribution in [0.3, 0.4) is 0 Å². The molecular formula is C27H31N9O. The number of benzene rings is 1. The molecule has 4 heterocycles. The highest BCUT2D eigenvalue weighted by atomic mass is 16.1. The second-order valence-electron chi connectivity index (χ2n) is 9.80. The number of likely N-dealkylation sites (N-methyl/N-ethyl adjacent to an activating group) is 1. The molecule has 0 spiro atoms. The van der Waals surface area contributed by atoms with Crippen molar-refractivity contribution in [1.82, 2.24) is 29.4 Å². The highest BCUT2D eigenvalue weighted by molar-refractivity contribution is 6.03. The lowest BCUT2D eigenvalue weighted by Crippen LogP contribution is -2.44. The number of nitrogens with zero attached hydrogens (tertiary/aromatic N) is 7. The van der Waals surface area contributed by atoms with Crippen molar-refractivity contribution < 1.29 is 4.79 Å². The Balaban J connectivity index is 1.25. The van der Waals surface area contributed by atoms with E-state index in [1.54, 1.807) is 30.7 Å². The Morgan fingerprint density at radius 1 is 0.973 bits per heavy atom. The average Bonchev–Trinajstić information content (AvgIpc) is 3.57. The van der Waals surface area contributed by atoms with Gasteiger partial charge in [-0.1, -0.05) is 12.8 Å². The van der Waals surface area contributed by atoms with Crippen molar-refractivity contribution in [3.63, 3.8) is 0 Å². The van der Waals surface area contributed by atoms with Gasteiger partial charge in [-0.3, -0.25) is 19.7 Å². The molecule has 3 aromatic heterocycles. The number of anilines is 4. The van der Waals surface area contributed by atoms with Crippen LogP contribution in [0.1, 0.15) is 42.1 Å². The first-order valence-electron chi connectivity index (χ1n) is 12.9. The number of hydrogen-bond acceptors (Lipinski definition) is 8. The molecule has 2 N–H and O–H groups in total. The molecule has 2 fully saturated rings. The van der Waals surface area contributed by atoms with E-state index in [-0.39, 0.29) is 11.9 Å². The van der Waals surface area contributed by atoms with Gasteiger partial charge in [-0.25, -0.2) is 9.97 Å². The van der Waals surface area contributed by atoms with Crippen LogP contribution in [0.15, 0.2) is 55.0 Å². The number of pyridine rings is 1. The minimum atomic E-state index is -0.241. The summed E-state index contributed by atoms with van der Waals surface area (Å²) in [5.74, 6) is 0.761. The SMILES string of the molecule is CN1CCN(c2ccc(Nc3ncc4nc(NC(=O)c5cccnc5)n(C5CCCC5)c4n3)cc2)CC1. The number of carbonyl (C=O) groups excluding carboxylic acids is 1. The van der Waals surface area contributed by atoms with Crippen molar-refractivity contribution in [2.24, 2.45) is 0 Å². The number of rotatable bonds is 6. The van der Waals surface area contributed by atoms with Gasteiger partial charge in [0.15, 0.2) is 5.65 Å². The number of hydrogen-bond donors (Lipinski definition) is 2. The van der Waals surface area contributed by atoms with Crippen molar-refractivity contribution in [3.05, 3.63) is 60.6 Å². The summed E-state index contributed by atoms with van der Waals surface area (Å²) in [6.45, 7) is 4.22. The van der Waals surface area contributed by atoms with Crippen LogP contribution in [0.25, 0.3) is 11.2 Å². The van der Waals surface area contributed by atoms with E-state index >= 15 is 0 Å². The van der Waals surface area contributed by atoms with Gasteiger partial charge in [0, 0.05) is 56.0 Å². The molecule has 1 aliphatic carbocycles. The predicted molar refractivity (Wildman–Crippen MR) is 144 cm³/mol. The van der Waals surface area contributed by atoms with Gasteiger partial charge in [0.05, 0.1) is 11.8 Å². The largest absolute Gasteiger partial charge is 0.369 e. The van der Waals surface area contributed by atoms with Gasteiger partial charge in [-0.05, 0) is 56.3 Å². The van der Waals surface area contributed by atoms with Crippen LogP contribution in [0.5, 0.6) is 0 Å². The normalized spacial score (nSPS) is 16.8. The monoisotopic (exact) mass is 497 g/mol. The summed E-state index contributed by atoms with van der Waals surface area (Å²) in [6.07, 6.45) is 9.27. The van der Waals surface area contributed by atoms with Crippen molar-refractivity contribution >= 4 is 40.3 Å². The molecule has 1 aliphatic heterocycles. The summed E-state index contributed by atoms with van der Waals surface area (Å²) in [5, 5.41) is 6.32. The van der Waals surface area contributed by atoms with E-state index in [1.165, 1.54) is 5.69 Å². The van der Waals surface area contributed by atoms with E-state index in [9.17, 15) is 4.79 Å². The summed E-state index contributed by atoms with van der Waals surface area (Å²) in [6, 6.07) is 12.1. The first kappa shape index (κ1) is 23.4. The van der Waals surface area contributed by atoms with E-state index in [0.717, 1.165) is 63.2 Å².